The van der Waals surface area contributed by atoms with Crippen molar-refractivity contribution in [3.63, 3.8) is 0 Å². The third-order valence-corrected chi connectivity index (χ3v) is 5.33. The Morgan fingerprint density at radius 1 is 1.03 bits per heavy atom. The largest absolute Gasteiger partial charge is 0.322 e. The van der Waals surface area contributed by atoms with Crippen molar-refractivity contribution in [3.8, 4) is 0 Å². The third-order valence-electron chi connectivity index (χ3n) is 5.33. The summed E-state index contributed by atoms with van der Waals surface area (Å²) in [7, 11) is 0. The summed E-state index contributed by atoms with van der Waals surface area (Å²) < 4.78 is 0. The smallest absolute Gasteiger partial charge is 0.275 e. The fourth-order valence-corrected chi connectivity index (χ4v) is 3.73. The number of para-hydroxylation sites is 1. The molecule has 2 aromatic carbocycles. The first-order valence-corrected chi connectivity index (χ1v) is 9.94. The van der Waals surface area contributed by atoms with E-state index in [0.29, 0.717) is 11.7 Å². The van der Waals surface area contributed by atoms with Gasteiger partial charge >= 0.3 is 0 Å². The van der Waals surface area contributed by atoms with Crippen LogP contribution in [0, 0.1) is 0 Å². The molecule has 1 aromatic heterocycles. The van der Waals surface area contributed by atoms with Crippen molar-refractivity contribution in [1.29, 1.82) is 0 Å². The number of hydrogen-bond acceptors (Lipinski definition) is 4. The lowest BCUT2D eigenvalue weighted by Crippen LogP contribution is -2.25. The Bertz CT molecular complexity index is 1020. The zero-order valence-corrected chi connectivity index (χ0v) is 17.3. The fraction of sp³-hybridized carbons (Fsp3) is 0.292. The molecule has 0 spiro atoms. The number of rotatable bonds is 3. The van der Waals surface area contributed by atoms with E-state index in [9.17, 15) is 4.79 Å². The normalized spacial score (nSPS) is 15.9. The van der Waals surface area contributed by atoms with E-state index in [1.54, 1.807) is 12.4 Å². The highest BCUT2D eigenvalue weighted by Crippen LogP contribution is 2.36. The molecule has 1 atom stereocenters. The Kier molecular flexibility index (Phi) is 4.82. The van der Waals surface area contributed by atoms with Crippen LogP contribution >= 0.6 is 0 Å². The van der Waals surface area contributed by atoms with Crippen LogP contribution in [-0.2, 0) is 11.8 Å². The highest BCUT2D eigenvalue weighted by Gasteiger charge is 2.28. The maximum absolute atomic E-state index is 12.6. The minimum absolute atomic E-state index is 0.0785. The molecule has 1 aliphatic heterocycles. The molecule has 29 heavy (non-hydrogen) atoms. The first-order valence-electron chi connectivity index (χ1n) is 9.94. The molecule has 1 aliphatic rings. The standard InChI is InChI=1S/C24H26N4O/c1-16-13-17-7-5-6-8-21(17)28(16)22-15-25-20(14-26-22)23(29)27-19-11-9-18(10-12-19)24(2,3)4/h5-12,14-16H,13H2,1-4H3,(H,27,29). The highest BCUT2D eigenvalue weighted by molar-refractivity contribution is 6.02. The molecule has 0 saturated carbocycles. The van der Waals surface area contributed by atoms with Gasteiger partial charge in [-0.2, -0.15) is 0 Å². The molecule has 0 radical (unpaired) electrons. The van der Waals surface area contributed by atoms with Gasteiger partial charge in [0, 0.05) is 17.4 Å². The molecule has 1 amide bonds. The van der Waals surface area contributed by atoms with Gasteiger partial charge in [0.2, 0.25) is 0 Å². The molecule has 0 bridgehead atoms. The highest BCUT2D eigenvalue weighted by atomic mass is 16.1. The number of aromatic nitrogens is 2. The second kappa shape index (κ2) is 7.32. The van der Waals surface area contributed by atoms with Crippen LogP contribution in [0.4, 0.5) is 17.2 Å². The van der Waals surface area contributed by atoms with Gasteiger partial charge in [-0.05, 0) is 48.1 Å². The summed E-state index contributed by atoms with van der Waals surface area (Å²) in [6, 6.07) is 16.6. The lowest BCUT2D eigenvalue weighted by Gasteiger charge is -2.23. The van der Waals surface area contributed by atoms with Gasteiger partial charge in [-0.3, -0.25) is 4.79 Å². The third kappa shape index (κ3) is 3.86. The molecule has 0 saturated heterocycles. The van der Waals surface area contributed by atoms with Crippen LogP contribution in [0.25, 0.3) is 0 Å². The summed E-state index contributed by atoms with van der Waals surface area (Å²) in [6.45, 7) is 8.66. The second-order valence-corrected chi connectivity index (χ2v) is 8.59. The van der Waals surface area contributed by atoms with Crippen LogP contribution < -0.4 is 10.2 Å². The summed E-state index contributed by atoms with van der Waals surface area (Å²) in [5.41, 5.74) is 4.81. The molecule has 4 rings (SSSR count). The number of benzene rings is 2. The Hall–Kier alpha value is -3.21. The molecule has 2 heterocycles. The van der Waals surface area contributed by atoms with Crippen molar-refractivity contribution in [2.45, 2.75) is 45.6 Å². The Morgan fingerprint density at radius 3 is 2.41 bits per heavy atom. The predicted molar refractivity (Wildman–Crippen MR) is 117 cm³/mol. The van der Waals surface area contributed by atoms with Gasteiger partial charge in [-0.25, -0.2) is 9.97 Å². The number of hydrogen-bond donors (Lipinski definition) is 1. The van der Waals surface area contributed by atoms with Crippen molar-refractivity contribution in [3.05, 3.63) is 77.7 Å². The van der Waals surface area contributed by atoms with E-state index >= 15 is 0 Å². The van der Waals surface area contributed by atoms with E-state index < -0.39 is 0 Å². The van der Waals surface area contributed by atoms with E-state index in [2.05, 4.69) is 66.1 Å². The maximum atomic E-state index is 12.6. The van der Waals surface area contributed by atoms with E-state index in [1.807, 2.05) is 30.3 Å². The van der Waals surface area contributed by atoms with E-state index in [-0.39, 0.29) is 11.3 Å². The van der Waals surface area contributed by atoms with Gasteiger partial charge in [0.15, 0.2) is 5.82 Å². The van der Waals surface area contributed by atoms with Gasteiger partial charge in [-0.1, -0.05) is 51.1 Å². The van der Waals surface area contributed by atoms with Crippen LogP contribution in [0.2, 0.25) is 0 Å². The van der Waals surface area contributed by atoms with Crippen LogP contribution in [-0.4, -0.2) is 21.9 Å². The average Bonchev–Trinajstić information content (AvgIpc) is 3.03. The summed E-state index contributed by atoms with van der Waals surface area (Å²) in [5, 5.41) is 2.90. The number of nitrogens with one attached hydrogen (secondary N) is 1. The zero-order chi connectivity index (χ0) is 20.6. The fourth-order valence-electron chi connectivity index (χ4n) is 3.73. The number of fused-ring (bicyclic) bond motifs is 1. The minimum Gasteiger partial charge on any atom is -0.322 e. The van der Waals surface area contributed by atoms with Gasteiger partial charge < -0.3 is 10.2 Å². The van der Waals surface area contributed by atoms with Crippen molar-refractivity contribution in [2.24, 2.45) is 0 Å². The molecule has 5 heteroatoms. The topological polar surface area (TPSA) is 58.1 Å². The van der Waals surface area contributed by atoms with Crippen molar-refractivity contribution in [2.75, 3.05) is 10.2 Å². The SMILES string of the molecule is CC1Cc2ccccc2N1c1cnc(C(=O)Nc2ccc(C(C)(C)C)cc2)cn1. The van der Waals surface area contributed by atoms with E-state index in [4.69, 9.17) is 0 Å². The number of carbonyl (C=O) groups is 1. The maximum Gasteiger partial charge on any atom is 0.275 e. The summed E-state index contributed by atoms with van der Waals surface area (Å²) in [4.78, 5) is 23.6. The predicted octanol–water partition coefficient (Wildman–Crippen LogP) is 5.11. The summed E-state index contributed by atoms with van der Waals surface area (Å²) in [6.07, 6.45) is 4.20. The van der Waals surface area contributed by atoms with Crippen molar-refractivity contribution >= 4 is 23.1 Å². The molecule has 1 N–H and O–H groups in total. The molecule has 0 fully saturated rings. The lowest BCUT2D eigenvalue weighted by atomic mass is 9.87. The second-order valence-electron chi connectivity index (χ2n) is 8.59. The number of nitrogens with zero attached hydrogens (tertiary/aromatic N) is 3. The first kappa shape index (κ1) is 19.1. The first-order chi connectivity index (χ1) is 13.8. The summed E-state index contributed by atoms with van der Waals surface area (Å²) in [5.74, 6) is 0.496. The van der Waals surface area contributed by atoms with Gasteiger partial charge in [0.1, 0.15) is 5.69 Å². The van der Waals surface area contributed by atoms with Crippen molar-refractivity contribution < 1.29 is 4.79 Å². The monoisotopic (exact) mass is 386 g/mol. The van der Waals surface area contributed by atoms with Crippen LogP contribution in [0.15, 0.2) is 60.9 Å². The number of anilines is 3. The van der Waals surface area contributed by atoms with Crippen LogP contribution in [0.5, 0.6) is 0 Å². The molecule has 0 aliphatic carbocycles. The van der Waals surface area contributed by atoms with Crippen molar-refractivity contribution in [1.82, 2.24) is 9.97 Å². The molecule has 1 unspecified atom stereocenters. The van der Waals surface area contributed by atoms with Gasteiger partial charge in [-0.15, -0.1) is 0 Å². The molecule has 5 nitrogen and oxygen atoms in total. The van der Waals surface area contributed by atoms with Crippen LogP contribution in [0.3, 0.4) is 0 Å². The number of carbonyl (C=O) groups excluding carboxylic acids is 1. The minimum atomic E-state index is -0.262. The molecular weight excluding hydrogens is 360 g/mol. The zero-order valence-electron chi connectivity index (χ0n) is 17.3. The molecular formula is C24H26N4O. The van der Waals surface area contributed by atoms with E-state index in [0.717, 1.165) is 23.6 Å². The average molecular weight is 386 g/mol. The Morgan fingerprint density at radius 2 is 1.76 bits per heavy atom. The molecule has 148 valence electrons. The van der Waals surface area contributed by atoms with E-state index in [1.165, 1.54) is 11.1 Å². The quantitative estimate of drug-likeness (QED) is 0.680. The summed E-state index contributed by atoms with van der Waals surface area (Å²) >= 11 is 0. The molecule has 3 aromatic rings. The number of amides is 1. The van der Waals surface area contributed by atoms with Crippen LogP contribution in [0.1, 0.15) is 49.3 Å². The van der Waals surface area contributed by atoms with Gasteiger partial charge in [0.05, 0.1) is 12.4 Å². The Balaban J connectivity index is 1.49. The lowest BCUT2D eigenvalue weighted by molar-refractivity contribution is 0.102. The van der Waals surface area contributed by atoms with Gasteiger partial charge in [0.25, 0.3) is 5.91 Å². The Labute approximate surface area is 171 Å².